The second kappa shape index (κ2) is 30.2. The minimum Gasteiger partial charge on any atom is -0.480 e. The van der Waals surface area contributed by atoms with Gasteiger partial charge in [0.05, 0.1) is 24.1 Å². The molecule has 1 aliphatic rings. The van der Waals surface area contributed by atoms with Crippen LogP contribution in [0, 0.1) is 17.8 Å². The molecule has 23 nitrogen and oxygen atoms in total. The third kappa shape index (κ3) is 22.0. The van der Waals surface area contributed by atoms with Crippen LogP contribution in [0.3, 0.4) is 0 Å². The fourth-order valence-electron chi connectivity index (χ4n) is 7.25. The molecule has 13 N–H and O–H groups in total. The highest BCUT2D eigenvalue weighted by Gasteiger charge is 2.34. The molecule has 0 aliphatic carbocycles. The normalized spacial score (nSPS) is 24.2. The van der Waals surface area contributed by atoms with E-state index in [-0.39, 0.29) is 43.6 Å². The highest BCUT2D eigenvalue weighted by molar-refractivity contribution is 6.00. The van der Waals surface area contributed by atoms with Gasteiger partial charge in [0.15, 0.2) is 5.96 Å². The van der Waals surface area contributed by atoms with Crippen molar-refractivity contribution in [2.24, 2.45) is 34.2 Å². The van der Waals surface area contributed by atoms with E-state index in [1.165, 1.54) is 26.8 Å². The van der Waals surface area contributed by atoms with E-state index in [1.54, 1.807) is 19.9 Å². The second-order valence-electron chi connectivity index (χ2n) is 17.9. The lowest BCUT2D eigenvalue weighted by atomic mass is 9.94. The Balaban J connectivity index is 2.70. The molecule has 0 saturated carbocycles. The van der Waals surface area contributed by atoms with E-state index in [2.05, 4.69) is 48.8 Å². The first-order valence-electron chi connectivity index (χ1n) is 23.7. The fraction of sp³-hybridized carbons (Fsp3) is 0.531. The van der Waals surface area contributed by atoms with Gasteiger partial charge in [0.2, 0.25) is 35.4 Å². The lowest BCUT2D eigenvalue weighted by Gasteiger charge is -2.27. The highest BCUT2D eigenvalue weighted by Crippen LogP contribution is 2.19. The molecule has 10 atom stereocenters. The first kappa shape index (κ1) is 60.5. The van der Waals surface area contributed by atoms with E-state index in [4.69, 9.17) is 16.2 Å². The number of nitrogens with one attached hydrogen (secondary N) is 7. The monoisotopic (exact) mass is 1010 g/mol. The molecule has 0 unspecified atom stereocenters. The number of ether oxygens (including phenoxy) is 1. The van der Waals surface area contributed by atoms with E-state index in [1.807, 2.05) is 50.3 Å². The molecule has 0 aromatic heterocycles. The van der Waals surface area contributed by atoms with Gasteiger partial charge in [-0.3, -0.25) is 43.3 Å². The molecular weight excluding hydrogens is 937 g/mol. The summed E-state index contributed by atoms with van der Waals surface area (Å²) in [6, 6.07) is 0.513. The van der Waals surface area contributed by atoms with Gasteiger partial charge < -0.3 is 63.6 Å². The van der Waals surface area contributed by atoms with Crippen molar-refractivity contribution in [3.05, 3.63) is 72.0 Å². The molecule has 1 heterocycles. The lowest BCUT2D eigenvalue weighted by molar-refractivity contribution is -0.148. The van der Waals surface area contributed by atoms with Gasteiger partial charge in [0.1, 0.15) is 36.3 Å². The number of aliphatic carboxylic acids is 2. The molecule has 1 saturated heterocycles. The molecule has 396 valence electrons. The van der Waals surface area contributed by atoms with Crippen molar-refractivity contribution in [1.82, 2.24) is 37.2 Å². The van der Waals surface area contributed by atoms with Crippen molar-refractivity contribution < 1.29 is 62.9 Å². The van der Waals surface area contributed by atoms with Crippen molar-refractivity contribution in [3.63, 3.8) is 0 Å². The van der Waals surface area contributed by atoms with E-state index in [0.29, 0.717) is 18.4 Å². The number of aliphatic imine (C=N–C) groups is 1. The van der Waals surface area contributed by atoms with Crippen LogP contribution in [0.5, 0.6) is 0 Å². The van der Waals surface area contributed by atoms with Crippen LogP contribution < -0.4 is 48.7 Å². The summed E-state index contributed by atoms with van der Waals surface area (Å²) >= 11 is 0. The Hall–Kier alpha value is -7.59. The van der Waals surface area contributed by atoms with Crippen LogP contribution in [0.4, 0.5) is 0 Å². The van der Waals surface area contributed by atoms with Gasteiger partial charge in [-0.1, -0.05) is 94.8 Å². The number of rotatable bonds is 16. The predicted molar refractivity (Wildman–Crippen MR) is 265 cm³/mol. The molecule has 1 fully saturated rings. The van der Waals surface area contributed by atoms with Gasteiger partial charge in [0, 0.05) is 32.2 Å². The van der Waals surface area contributed by atoms with Gasteiger partial charge in [-0.05, 0) is 51.0 Å². The number of amides is 7. The fourth-order valence-corrected chi connectivity index (χ4v) is 7.25. The number of carbonyl (C=O) groups excluding carboxylic acids is 8. The predicted octanol–water partition coefficient (Wildman–Crippen LogP) is 0.337. The molecule has 1 aromatic rings. The van der Waals surface area contributed by atoms with Crippen LogP contribution in [0.1, 0.15) is 99.0 Å². The third-order valence-electron chi connectivity index (χ3n) is 11.7. The van der Waals surface area contributed by atoms with Gasteiger partial charge in [-0.25, -0.2) is 9.59 Å². The van der Waals surface area contributed by atoms with Gasteiger partial charge in [-0.15, -0.1) is 0 Å². The first-order chi connectivity index (χ1) is 33.8. The number of carbonyl (C=O) groups is 10. The Bertz CT molecular complexity index is 2210. The SMILES string of the molecule is C=C1NC(=O)CC[C@H](C(=O)O)NC(=O)[C@@H](C)[C@H](/C=C/C(C)=C/[C@H](C)[C@H](Cc2ccccc2)OC(C)=O)NC(=O)[C@H](CCCN=C(N)N)NC(=O)C[C@H](C(=O)O)NC(=O)[C@H](C[C@@H](C)CC)NC(=O)[C@@H](C)NC1=O. The van der Waals surface area contributed by atoms with Crippen molar-refractivity contribution in [2.75, 3.05) is 6.54 Å². The summed E-state index contributed by atoms with van der Waals surface area (Å²) in [5, 5.41) is 37.3. The van der Waals surface area contributed by atoms with Crippen LogP contribution in [-0.4, -0.2) is 124 Å². The Kier molecular flexibility index (Phi) is 25.4. The quantitative estimate of drug-likeness (QED) is 0.0266. The maximum Gasteiger partial charge on any atom is 0.326 e. The molecule has 0 radical (unpaired) electrons. The molecule has 72 heavy (non-hydrogen) atoms. The van der Waals surface area contributed by atoms with Crippen LogP contribution in [0.25, 0.3) is 0 Å². The van der Waals surface area contributed by atoms with Gasteiger partial charge in [0.25, 0.3) is 5.91 Å². The van der Waals surface area contributed by atoms with E-state index in [9.17, 15) is 58.2 Å². The van der Waals surface area contributed by atoms with Crippen molar-refractivity contribution in [3.8, 4) is 0 Å². The molecule has 0 bridgehead atoms. The summed E-state index contributed by atoms with van der Waals surface area (Å²) in [4.78, 5) is 136. The van der Waals surface area contributed by atoms with Crippen molar-refractivity contribution in [1.29, 1.82) is 0 Å². The zero-order chi connectivity index (χ0) is 54.2. The number of nitrogens with zero attached hydrogens (tertiary/aromatic N) is 1. The van der Waals surface area contributed by atoms with Crippen LogP contribution in [0.2, 0.25) is 0 Å². The summed E-state index contributed by atoms with van der Waals surface area (Å²) in [6.45, 7) is 14.7. The van der Waals surface area contributed by atoms with E-state index in [0.717, 1.165) is 5.56 Å². The average molecular weight is 1010 g/mol. The van der Waals surface area contributed by atoms with Crippen LogP contribution >= 0.6 is 0 Å². The zero-order valence-corrected chi connectivity index (χ0v) is 42.0. The largest absolute Gasteiger partial charge is 0.480 e. The number of allylic oxidation sites excluding steroid dienone is 2. The Morgan fingerprint density at radius 3 is 2.06 bits per heavy atom. The minimum atomic E-state index is -1.87. The Morgan fingerprint density at radius 1 is 0.833 bits per heavy atom. The smallest absolute Gasteiger partial charge is 0.326 e. The van der Waals surface area contributed by atoms with E-state index < -0.39 is 132 Å². The molecule has 0 spiro atoms. The number of carboxylic acids is 2. The number of benzene rings is 1. The van der Waals surface area contributed by atoms with Crippen LogP contribution in [0.15, 0.2) is 71.4 Å². The van der Waals surface area contributed by atoms with Crippen LogP contribution in [-0.2, 0) is 59.1 Å². The first-order valence-corrected chi connectivity index (χ1v) is 23.7. The number of nitrogens with two attached hydrogens (primary N) is 2. The average Bonchev–Trinajstić information content (AvgIpc) is 3.30. The lowest BCUT2D eigenvalue weighted by Crippen LogP contribution is -2.57. The molecule has 7 amide bonds. The van der Waals surface area contributed by atoms with Gasteiger partial charge in [-0.2, -0.15) is 0 Å². The number of esters is 1. The highest BCUT2D eigenvalue weighted by atomic mass is 16.5. The topological polar surface area (TPSA) is 369 Å². The summed E-state index contributed by atoms with van der Waals surface area (Å²) in [5.74, 6) is -12.1. The van der Waals surface area contributed by atoms with E-state index >= 15 is 0 Å². The molecule has 23 heteroatoms. The number of carboxylic acid groups (broad SMARTS) is 2. The Morgan fingerprint density at radius 2 is 1.46 bits per heavy atom. The maximum absolute atomic E-state index is 14.3. The molecule has 1 aliphatic heterocycles. The standard InChI is InChI=1S/C49H72N10O13/c1-9-26(2)23-37-46(67)59-38(48(70)71)25-41(62)55-35(16-13-21-52-49(50)51)45(66)56-34(18-17-27(3)22-28(4)39(72-32(8)60)24-33-14-11-10-12-15-33)29(5)42(63)57-36(47(68)69)19-20-40(61)53-30(6)43(64)54-31(7)44(65)58-37/h10-12,14-15,17-18,22,26,28-29,31,34-39H,6,9,13,16,19-21,23-25H2,1-5,7-8H3,(H,53,61)(H,54,64)(H,55,62)(H,56,66)(H,57,63)(H,58,65)(H,59,67)(H,68,69)(H,70,71)(H4,50,51,52)/b18-17+,27-22+/t26-,28-,29-,31+,34-,35-,36+,37-,38+,39-/m0/s1. The summed E-state index contributed by atoms with van der Waals surface area (Å²) in [6.07, 6.45) is 3.37. The second-order valence-corrected chi connectivity index (χ2v) is 17.9. The molecular formula is C49H72N10O13. The van der Waals surface area contributed by atoms with Crippen molar-refractivity contribution >= 4 is 65.2 Å². The Labute approximate surface area is 419 Å². The van der Waals surface area contributed by atoms with Crippen molar-refractivity contribution in [2.45, 2.75) is 142 Å². The third-order valence-corrected chi connectivity index (χ3v) is 11.7. The summed E-state index contributed by atoms with van der Waals surface area (Å²) in [5.41, 5.74) is 12.0. The summed E-state index contributed by atoms with van der Waals surface area (Å²) < 4.78 is 5.66. The molecule has 1 aromatic carbocycles. The van der Waals surface area contributed by atoms with Gasteiger partial charge >= 0.3 is 17.9 Å². The number of hydrogen-bond donors (Lipinski definition) is 11. The summed E-state index contributed by atoms with van der Waals surface area (Å²) in [7, 11) is 0. The minimum absolute atomic E-state index is 0.00696. The number of hydrogen-bond acceptors (Lipinski definition) is 12. The maximum atomic E-state index is 14.3. The number of guanidine groups is 1. The molecule has 2 rings (SSSR count). The zero-order valence-electron chi connectivity index (χ0n) is 42.0.